The van der Waals surface area contributed by atoms with Crippen LogP contribution in [0.25, 0.3) is 33.9 Å². The fourth-order valence-electron chi connectivity index (χ4n) is 3.45. The zero-order valence-electron chi connectivity index (χ0n) is 16.9. The van der Waals surface area contributed by atoms with E-state index in [1.807, 2.05) is 37.3 Å². The first kappa shape index (κ1) is 18.8. The van der Waals surface area contributed by atoms with E-state index in [4.69, 9.17) is 9.72 Å². The molecule has 2 N–H and O–H groups in total. The van der Waals surface area contributed by atoms with Gasteiger partial charge in [-0.2, -0.15) is 0 Å². The first-order chi connectivity index (χ1) is 14.1. The van der Waals surface area contributed by atoms with Gasteiger partial charge < -0.3 is 14.8 Å². The second-order valence-electron chi connectivity index (χ2n) is 7.11. The van der Waals surface area contributed by atoms with E-state index in [1.165, 1.54) is 11.1 Å². The smallest absolute Gasteiger partial charge is 0.161 e. The number of nitrogens with one attached hydrogen (secondary N) is 1. The van der Waals surface area contributed by atoms with E-state index in [2.05, 4.69) is 49.2 Å². The Balaban J connectivity index is 1.91. The van der Waals surface area contributed by atoms with Gasteiger partial charge in [-0.3, -0.25) is 0 Å². The van der Waals surface area contributed by atoms with Crippen molar-refractivity contribution in [1.29, 1.82) is 0 Å². The van der Waals surface area contributed by atoms with Crippen LogP contribution in [0.5, 0.6) is 11.5 Å². The molecule has 0 aliphatic carbocycles. The molecule has 0 saturated carbocycles. The highest BCUT2D eigenvalue weighted by molar-refractivity contribution is 5.83. The molecule has 4 rings (SSSR count). The highest BCUT2D eigenvalue weighted by Gasteiger charge is 2.17. The van der Waals surface area contributed by atoms with E-state index >= 15 is 0 Å². The fraction of sp³-hybridized carbons (Fsp3) is 0.160. The average Bonchev–Trinajstić information content (AvgIpc) is 3.17. The molecule has 1 heterocycles. The highest BCUT2D eigenvalue weighted by atomic mass is 16.5. The van der Waals surface area contributed by atoms with Crippen molar-refractivity contribution in [2.24, 2.45) is 0 Å². The molecule has 4 aromatic rings. The summed E-state index contributed by atoms with van der Waals surface area (Å²) in [5.41, 5.74) is 7.31. The monoisotopic (exact) mass is 384 g/mol. The maximum Gasteiger partial charge on any atom is 0.161 e. The number of phenols is 1. The Hall–Kier alpha value is -3.53. The molecule has 4 nitrogen and oxygen atoms in total. The van der Waals surface area contributed by atoms with Gasteiger partial charge in [0.1, 0.15) is 5.82 Å². The number of nitrogens with zero attached hydrogens (tertiary/aromatic N) is 1. The topological polar surface area (TPSA) is 58.1 Å². The number of hydrogen-bond acceptors (Lipinski definition) is 3. The van der Waals surface area contributed by atoms with Gasteiger partial charge in [0.2, 0.25) is 0 Å². The number of benzene rings is 3. The van der Waals surface area contributed by atoms with Gasteiger partial charge >= 0.3 is 0 Å². The van der Waals surface area contributed by atoms with Gasteiger partial charge in [0.05, 0.1) is 18.0 Å². The van der Waals surface area contributed by atoms with Crippen LogP contribution in [0.1, 0.15) is 18.1 Å². The van der Waals surface area contributed by atoms with Crippen molar-refractivity contribution in [3.63, 3.8) is 0 Å². The van der Waals surface area contributed by atoms with Gasteiger partial charge in [-0.25, -0.2) is 4.98 Å². The number of aromatic nitrogens is 2. The van der Waals surface area contributed by atoms with Crippen molar-refractivity contribution < 1.29 is 9.84 Å². The third-order valence-corrected chi connectivity index (χ3v) is 4.95. The summed E-state index contributed by atoms with van der Waals surface area (Å²) in [7, 11) is 0. The molecule has 0 spiro atoms. The minimum Gasteiger partial charge on any atom is -0.504 e. The largest absolute Gasteiger partial charge is 0.504 e. The van der Waals surface area contributed by atoms with Gasteiger partial charge in [0.15, 0.2) is 11.5 Å². The lowest BCUT2D eigenvalue weighted by molar-refractivity contribution is 0.318. The third-order valence-electron chi connectivity index (χ3n) is 4.95. The molecule has 29 heavy (non-hydrogen) atoms. The Bertz CT molecular complexity index is 1150. The summed E-state index contributed by atoms with van der Waals surface area (Å²) >= 11 is 0. The fourth-order valence-corrected chi connectivity index (χ4v) is 3.45. The summed E-state index contributed by atoms with van der Waals surface area (Å²) in [5, 5.41) is 10.0. The van der Waals surface area contributed by atoms with Crippen LogP contribution in [0.3, 0.4) is 0 Å². The zero-order valence-corrected chi connectivity index (χ0v) is 16.9. The number of phenolic OH excluding ortho intramolecular Hbond substituents is 1. The lowest BCUT2D eigenvalue weighted by Crippen LogP contribution is -1.92. The molecular weight excluding hydrogens is 360 g/mol. The lowest BCUT2D eigenvalue weighted by atomic mass is 9.99. The normalized spacial score (nSPS) is 10.9. The van der Waals surface area contributed by atoms with Crippen molar-refractivity contribution in [3.8, 4) is 45.4 Å². The third kappa shape index (κ3) is 3.74. The van der Waals surface area contributed by atoms with Gasteiger partial charge in [-0.15, -0.1) is 0 Å². The molecule has 0 saturated heterocycles. The standard InChI is InChI=1S/C25H24N2O2/c1-4-29-22-15-19(12-13-21(22)28)25-26-23(18-8-6-5-7-9-18)24(27-25)20-14-16(2)10-11-17(20)3/h5-15,28H,4H2,1-3H3,(H,26,27). The van der Waals surface area contributed by atoms with Crippen LogP contribution in [0.2, 0.25) is 0 Å². The minimum atomic E-state index is 0.125. The number of ether oxygens (including phenoxy) is 1. The van der Waals surface area contributed by atoms with Crippen molar-refractivity contribution in [2.75, 3.05) is 6.61 Å². The first-order valence-corrected chi connectivity index (χ1v) is 9.76. The highest BCUT2D eigenvalue weighted by Crippen LogP contribution is 2.37. The number of imidazole rings is 1. The van der Waals surface area contributed by atoms with Crippen molar-refractivity contribution in [3.05, 3.63) is 77.9 Å². The van der Waals surface area contributed by atoms with E-state index in [-0.39, 0.29) is 5.75 Å². The number of H-pyrrole nitrogens is 1. The van der Waals surface area contributed by atoms with Gasteiger partial charge in [0.25, 0.3) is 0 Å². The molecule has 0 amide bonds. The molecule has 0 fully saturated rings. The molecule has 0 bridgehead atoms. The minimum absolute atomic E-state index is 0.125. The molecule has 0 aliphatic rings. The predicted molar refractivity (Wildman–Crippen MR) is 117 cm³/mol. The average molecular weight is 384 g/mol. The van der Waals surface area contributed by atoms with Crippen LogP contribution in [0.15, 0.2) is 66.7 Å². The van der Waals surface area contributed by atoms with E-state index in [1.54, 1.807) is 6.07 Å². The summed E-state index contributed by atoms with van der Waals surface area (Å²) in [6.07, 6.45) is 0. The second kappa shape index (κ2) is 7.84. The molecule has 3 aromatic carbocycles. The van der Waals surface area contributed by atoms with Crippen LogP contribution in [0.4, 0.5) is 0 Å². The molecule has 146 valence electrons. The Labute approximate surface area is 170 Å². The van der Waals surface area contributed by atoms with Crippen LogP contribution < -0.4 is 4.74 Å². The zero-order chi connectivity index (χ0) is 20.4. The summed E-state index contributed by atoms with van der Waals surface area (Å²) in [6, 6.07) is 21.9. The van der Waals surface area contributed by atoms with Gasteiger partial charge in [-0.1, -0.05) is 48.0 Å². The molecule has 0 radical (unpaired) electrons. The Morgan fingerprint density at radius 2 is 1.72 bits per heavy atom. The second-order valence-corrected chi connectivity index (χ2v) is 7.11. The number of aryl methyl sites for hydroxylation is 2. The maximum absolute atomic E-state index is 10.0. The van der Waals surface area contributed by atoms with E-state index in [0.717, 1.165) is 33.9 Å². The number of aromatic hydroxyl groups is 1. The maximum atomic E-state index is 10.0. The Morgan fingerprint density at radius 3 is 2.48 bits per heavy atom. The number of aromatic amines is 1. The van der Waals surface area contributed by atoms with E-state index in [9.17, 15) is 5.11 Å². The SMILES string of the molecule is CCOc1cc(-c2nc(-c3ccccc3)c(-c3cc(C)ccc3C)[nH]2)ccc1O. The lowest BCUT2D eigenvalue weighted by Gasteiger charge is -2.08. The molecule has 4 heteroatoms. The molecule has 0 atom stereocenters. The van der Waals surface area contributed by atoms with Gasteiger partial charge in [-0.05, 0) is 50.6 Å². The van der Waals surface area contributed by atoms with Crippen molar-refractivity contribution in [2.45, 2.75) is 20.8 Å². The van der Waals surface area contributed by atoms with Crippen LogP contribution in [0, 0.1) is 13.8 Å². The summed E-state index contributed by atoms with van der Waals surface area (Å²) in [4.78, 5) is 8.46. The molecular formula is C25H24N2O2. The van der Waals surface area contributed by atoms with E-state index < -0.39 is 0 Å². The number of hydrogen-bond donors (Lipinski definition) is 2. The molecule has 1 aromatic heterocycles. The molecule has 0 unspecified atom stereocenters. The van der Waals surface area contributed by atoms with Crippen molar-refractivity contribution in [1.82, 2.24) is 9.97 Å². The quantitative estimate of drug-likeness (QED) is 0.435. The van der Waals surface area contributed by atoms with Crippen LogP contribution in [-0.2, 0) is 0 Å². The summed E-state index contributed by atoms with van der Waals surface area (Å²) in [6.45, 7) is 6.58. The Kier molecular flexibility index (Phi) is 5.09. The van der Waals surface area contributed by atoms with Gasteiger partial charge in [0, 0.05) is 16.7 Å². The van der Waals surface area contributed by atoms with Crippen LogP contribution >= 0.6 is 0 Å². The molecule has 0 aliphatic heterocycles. The Morgan fingerprint density at radius 1 is 0.931 bits per heavy atom. The van der Waals surface area contributed by atoms with Crippen molar-refractivity contribution >= 4 is 0 Å². The first-order valence-electron chi connectivity index (χ1n) is 9.76. The van der Waals surface area contributed by atoms with E-state index in [0.29, 0.717) is 12.4 Å². The number of rotatable bonds is 5. The predicted octanol–water partition coefficient (Wildman–Crippen LogP) is 6.13. The van der Waals surface area contributed by atoms with Crippen LogP contribution in [-0.4, -0.2) is 21.7 Å². The summed E-state index contributed by atoms with van der Waals surface area (Å²) < 4.78 is 5.55. The summed E-state index contributed by atoms with van der Waals surface area (Å²) in [5.74, 6) is 1.32.